The summed E-state index contributed by atoms with van der Waals surface area (Å²) in [4.78, 5) is 97.9. The van der Waals surface area contributed by atoms with Crippen LogP contribution in [0.3, 0.4) is 0 Å². The number of unbranched alkanes of at least 4 members (excludes halogenated alkanes) is 2. The third-order valence-corrected chi connectivity index (χ3v) is 10.3. The van der Waals surface area contributed by atoms with E-state index in [9.17, 15) is 38.4 Å². The number of carbonyl (C=O) groups is 8. The summed E-state index contributed by atoms with van der Waals surface area (Å²) in [5.41, 5.74) is 1.35. The summed E-state index contributed by atoms with van der Waals surface area (Å²) in [6.07, 6.45) is 0.141. The molecule has 19 nitrogen and oxygen atoms in total. The second-order valence-corrected chi connectivity index (χ2v) is 15.3. The van der Waals surface area contributed by atoms with Crippen molar-refractivity contribution < 1.29 is 90.5 Å². The second kappa shape index (κ2) is 25.8. The quantitative estimate of drug-likeness (QED) is 0.0198. The Bertz CT molecular complexity index is 2320. The lowest BCUT2D eigenvalue weighted by atomic mass is 10.1. The van der Waals surface area contributed by atoms with Crippen molar-refractivity contribution >= 4 is 47.9 Å². The number of fused-ring (bicyclic) bond motifs is 1. The highest BCUT2D eigenvalue weighted by atomic mass is 16.7. The van der Waals surface area contributed by atoms with Crippen molar-refractivity contribution in [1.82, 2.24) is 0 Å². The molecule has 2 aliphatic rings. The lowest BCUT2D eigenvalue weighted by Gasteiger charge is -2.17. The number of hydrogen-bond acceptors (Lipinski definition) is 19. The fourth-order valence-corrected chi connectivity index (χ4v) is 6.67. The average molecular weight is 965 g/mol. The van der Waals surface area contributed by atoms with Gasteiger partial charge >= 0.3 is 47.9 Å². The van der Waals surface area contributed by atoms with Crippen molar-refractivity contribution in [2.45, 2.75) is 56.5 Å². The van der Waals surface area contributed by atoms with Gasteiger partial charge in [0.1, 0.15) is 29.5 Å². The summed E-state index contributed by atoms with van der Waals surface area (Å²) in [5.74, 6) is -3.78. The van der Waals surface area contributed by atoms with Gasteiger partial charge in [-0.1, -0.05) is 25.3 Å². The van der Waals surface area contributed by atoms with E-state index in [4.69, 9.17) is 52.1 Å². The molecule has 0 aliphatic carbocycles. The first kappa shape index (κ1) is 51.2. The van der Waals surface area contributed by atoms with Crippen molar-refractivity contribution in [2.24, 2.45) is 0 Å². The van der Waals surface area contributed by atoms with Gasteiger partial charge in [-0.25, -0.2) is 33.6 Å². The fraction of sp³-hybridized carbons (Fsp3) is 0.294. The van der Waals surface area contributed by atoms with Crippen LogP contribution >= 0.6 is 0 Å². The molecule has 2 fully saturated rings. The van der Waals surface area contributed by atoms with Gasteiger partial charge in [0.15, 0.2) is 12.2 Å². The minimum atomic E-state index is -0.943. The maximum absolute atomic E-state index is 13.1. The molecule has 0 spiro atoms. The smallest absolute Gasteiger partial charge is 0.465 e. The highest BCUT2D eigenvalue weighted by Gasteiger charge is 2.51. The van der Waals surface area contributed by atoms with E-state index in [0.717, 1.165) is 12.2 Å². The van der Waals surface area contributed by atoms with E-state index in [1.807, 2.05) is 0 Å². The Hall–Kier alpha value is -8.16. The van der Waals surface area contributed by atoms with Gasteiger partial charge in [0.2, 0.25) is 0 Å². The number of benzene rings is 4. The van der Waals surface area contributed by atoms with Gasteiger partial charge in [-0.3, -0.25) is 4.79 Å². The van der Waals surface area contributed by atoms with Gasteiger partial charge in [0.05, 0.1) is 68.3 Å². The molecule has 0 saturated carbocycles. The summed E-state index contributed by atoms with van der Waals surface area (Å²) in [5, 5.41) is 0. The molecule has 366 valence electrons. The lowest BCUT2D eigenvalue weighted by Crippen LogP contribution is -2.36. The Morgan fingerprint density at radius 1 is 0.457 bits per heavy atom. The van der Waals surface area contributed by atoms with Crippen LogP contribution in [0.25, 0.3) is 0 Å². The third-order valence-electron chi connectivity index (χ3n) is 10.3. The summed E-state index contributed by atoms with van der Waals surface area (Å²) in [6.45, 7) is 7.19. The van der Waals surface area contributed by atoms with Gasteiger partial charge in [-0.15, -0.1) is 0 Å². The average Bonchev–Trinajstić information content (AvgIpc) is 3.96. The van der Waals surface area contributed by atoms with Crippen LogP contribution < -0.4 is 14.2 Å². The van der Waals surface area contributed by atoms with Crippen LogP contribution in [0.15, 0.2) is 122 Å². The first-order valence-electron chi connectivity index (χ1n) is 22.0. The van der Waals surface area contributed by atoms with Gasteiger partial charge in [0.25, 0.3) is 0 Å². The first-order valence-corrected chi connectivity index (χ1v) is 22.0. The Morgan fingerprint density at radius 2 is 0.814 bits per heavy atom. The molecule has 0 aromatic heterocycles. The molecule has 4 atom stereocenters. The zero-order valence-corrected chi connectivity index (χ0v) is 37.7. The van der Waals surface area contributed by atoms with E-state index in [0.29, 0.717) is 31.2 Å². The van der Waals surface area contributed by atoms with Crippen molar-refractivity contribution in [3.8, 4) is 17.2 Å². The normalized spacial score (nSPS) is 16.6. The fourth-order valence-electron chi connectivity index (χ4n) is 6.67. The maximum Gasteiger partial charge on any atom is 0.513 e. The molecule has 0 N–H and O–H groups in total. The predicted molar refractivity (Wildman–Crippen MR) is 241 cm³/mol. The predicted octanol–water partition coefficient (Wildman–Crippen LogP) is 6.29. The highest BCUT2D eigenvalue weighted by Crippen LogP contribution is 2.32. The van der Waals surface area contributed by atoms with Gasteiger partial charge in [-0.2, -0.15) is 0 Å². The highest BCUT2D eigenvalue weighted by molar-refractivity contribution is 5.93. The largest absolute Gasteiger partial charge is 0.513 e. The Kier molecular flexibility index (Phi) is 18.9. The minimum Gasteiger partial charge on any atom is -0.465 e. The lowest BCUT2D eigenvalue weighted by molar-refractivity contribution is -0.144. The molecular weight excluding hydrogens is 917 g/mol. The molecule has 2 aliphatic heterocycles. The van der Waals surface area contributed by atoms with Crippen molar-refractivity contribution in [3.05, 3.63) is 150 Å². The standard InChI is InChI=1S/C51H48O19/c1-3-42(52)60-25-5-6-27-62-44(54)29-32-9-11-33(12-10-32)47(55)66-37-19-13-35(14-20-37)49(57)69-40-30-64-46-41(31-65-45(40)46)70-50(58)36-15-21-38(22-16-36)67-48(56)34-17-23-39(24-18-34)68-51(59)63-28-8-7-26-61-43(53)4-2/h3-4,9-24,40-41,45-46H,1-2,5-8,25-31H2/t40-,41+,45?,46?/m1/s1. The molecular formula is C51H48O19. The van der Waals surface area contributed by atoms with E-state index in [1.165, 1.54) is 84.9 Å². The Labute approximate surface area is 401 Å². The van der Waals surface area contributed by atoms with E-state index in [-0.39, 0.29) is 85.6 Å². The number of esters is 7. The molecule has 70 heavy (non-hydrogen) atoms. The number of hydrogen-bond donors (Lipinski definition) is 0. The van der Waals surface area contributed by atoms with Crippen LogP contribution in [0.5, 0.6) is 17.2 Å². The zero-order chi connectivity index (χ0) is 49.8. The number of carbonyl (C=O) groups excluding carboxylic acids is 8. The molecule has 19 heteroatoms. The summed E-state index contributed by atoms with van der Waals surface area (Å²) >= 11 is 0. The van der Waals surface area contributed by atoms with Crippen LogP contribution in [0.4, 0.5) is 4.79 Å². The maximum atomic E-state index is 13.1. The molecule has 0 bridgehead atoms. The zero-order valence-electron chi connectivity index (χ0n) is 37.7. The molecule has 2 saturated heterocycles. The van der Waals surface area contributed by atoms with Crippen LogP contribution in [0.1, 0.15) is 72.7 Å². The summed E-state index contributed by atoms with van der Waals surface area (Å²) in [7, 11) is 0. The molecule has 2 heterocycles. The minimum absolute atomic E-state index is 0.00160. The van der Waals surface area contributed by atoms with Crippen molar-refractivity contribution in [3.63, 3.8) is 0 Å². The van der Waals surface area contributed by atoms with E-state index in [2.05, 4.69) is 13.2 Å². The SMILES string of the molecule is C=CC(=O)OCCCCOC(=O)Cc1ccc(C(=O)Oc2ccc(C(=O)O[C@@H]3COC4C3OC[C@@H]4OC(=O)c3ccc(OC(=O)c4ccc(OC(=O)OCCCCOC(=O)C=C)cc4)cc3)cc2)cc1. The summed E-state index contributed by atoms with van der Waals surface area (Å²) < 4.78 is 58.9. The third kappa shape index (κ3) is 15.4. The molecule has 4 aromatic carbocycles. The van der Waals surface area contributed by atoms with E-state index < -0.39 is 72.4 Å². The molecule has 4 aromatic rings. The monoisotopic (exact) mass is 964 g/mol. The topological polar surface area (TPSA) is 238 Å². The van der Waals surface area contributed by atoms with Crippen molar-refractivity contribution in [2.75, 3.05) is 39.6 Å². The van der Waals surface area contributed by atoms with Crippen molar-refractivity contribution in [1.29, 1.82) is 0 Å². The molecule has 6 rings (SSSR count). The van der Waals surface area contributed by atoms with Crippen LogP contribution in [0.2, 0.25) is 0 Å². The second-order valence-electron chi connectivity index (χ2n) is 15.3. The number of rotatable bonds is 23. The molecule has 2 unspecified atom stereocenters. The van der Waals surface area contributed by atoms with E-state index in [1.54, 1.807) is 12.1 Å². The van der Waals surface area contributed by atoms with E-state index >= 15 is 0 Å². The van der Waals surface area contributed by atoms with Crippen LogP contribution in [-0.2, 0) is 58.7 Å². The van der Waals surface area contributed by atoms with Crippen LogP contribution in [-0.4, -0.2) is 112 Å². The Morgan fingerprint density at radius 3 is 1.23 bits per heavy atom. The van der Waals surface area contributed by atoms with Gasteiger partial charge < -0.3 is 52.1 Å². The molecule has 0 radical (unpaired) electrons. The number of ether oxygens (including phenoxy) is 11. The van der Waals surface area contributed by atoms with Gasteiger partial charge in [-0.05, 0) is 116 Å². The Balaban J connectivity index is 0.876. The first-order chi connectivity index (χ1) is 33.9. The molecule has 0 amide bonds. The summed E-state index contributed by atoms with van der Waals surface area (Å²) in [6, 6.07) is 23.2. The van der Waals surface area contributed by atoms with Gasteiger partial charge in [0, 0.05) is 12.2 Å². The van der Waals surface area contributed by atoms with Crippen LogP contribution in [0, 0.1) is 0 Å².